The summed E-state index contributed by atoms with van der Waals surface area (Å²) in [5.74, 6) is -0.987. The number of rotatable bonds is 56. The van der Waals surface area contributed by atoms with E-state index in [0.717, 1.165) is 167 Å². The monoisotopic (exact) mass is 1110 g/mol. The zero-order valence-electron chi connectivity index (χ0n) is 51.7. The number of unbranched alkanes of at least 4 members (excludes halogenated alkanes) is 15. The van der Waals surface area contributed by atoms with Crippen LogP contribution in [0.1, 0.15) is 252 Å². The summed E-state index contributed by atoms with van der Waals surface area (Å²) in [6.07, 6.45) is 100. The van der Waals surface area contributed by atoms with Gasteiger partial charge in [-0.25, -0.2) is 0 Å². The van der Waals surface area contributed by atoms with Crippen LogP contribution in [0.25, 0.3) is 0 Å². The van der Waals surface area contributed by atoms with Crippen LogP contribution in [0.5, 0.6) is 0 Å². The van der Waals surface area contributed by atoms with E-state index >= 15 is 0 Å². The predicted octanol–water partition coefficient (Wildman–Crippen LogP) is 22.4. The summed E-state index contributed by atoms with van der Waals surface area (Å²) in [5, 5.41) is 0. The Morgan fingerprint density at radius 3 is 0.716 bits per heavy atom. The molecule has 6 heteroatoms. The Labute approximate surface area is 497 Å². The highest BCUT2D eigenvalue weighted by atomic mass is 16.6. The zero-order valence-corrected chi connectivity index (χ0v) is 51.7. The summed E-state index contributed by atoms with van der Waals surface area (Å²) in [6, 6.07) is 0. The molecular weight excluding hydrogens is 997 g/mol. The van der Waals surface area contributed by atoms with Crippen LogP contribution in [0.4, 0.5) is 0 Å². The lowest BCUT2D eigenvalue weighted by molar-refractivity contribution is -0.167. The van der Waals surface area contributed by atoms with Crippen molar-refractivity contribution in [1.29, 1.82) is 0 Å². The Morgan fingerprint density at radius 1 is 0.247 bits per heavy atom. The minimum Gasteiger partial charge on any atom is -0.462 e. The molecule has 0 bridgehead atoms. The number of hydrogen-bond acceptors (Lipinski definition) is 6. The molecule has 0 aliphatic heterocycles. The topological polar surface area (TPSA) is 78.9 Å². The second kappa shape index (κ2) is 67.0. The van der Waals surface area contributed by atoms with Gasteiger partial charge < -0.3 is 14.2 Å². The second-order valence-electron chi connectivity index (χ2n) is 20.5. The zero-order chi connectivity index (χ0) is 58.5. The third-order valence-corrected chi connectivity index (χ3v) is 12.9. The first-order valence-corrected chi connectivity index (χ1v) is 32.3. The Bertz CT molecular complexity index is 1900. The fourth-order valence-electron chi connectivity index (χ4n) is 8.17. The molecular formula is C75H116O6. The first-order chi connectivity index (χ1) is 40.0. The van der Waals surface area contributed by atoms with Crippen molar-refractivity contribution in [2.24, 2.45) is 0 Å². The Kier molecular flexibility index (Phi) is 62.5. The lowest BCUT2D eigenvalue weighted by Crippen LogP contribution is -2.30. The van der Waals surface area contributed by atoms with E-state index in [1.54, 1.807) is 0 Å². The lowest BCUT2D eigenvalue weighted by atomic mass is 10.1. The molecule has 1 unspecified atom stereocenters. The van der Waals surface area contributed by atoms with E-state index in [0.29, 0.717) is 19.3 Å². The molecule has 0 rings (SSSR count). The summed E-state index contributed by atoms with van der Waals surface area (Å²) in [5.41, 5.74) is 0. The van der Waals surface area contributed by atoms with E-state index in [1.807, 2.05) is 0 Å². The summed E-state index contributed by atoms with van der Waals surface area (Å²) in [7, 11) is 0. The summed E-state index contributed by atoms with van der Waals surface area (Å²) in [4.78, 5) is 38.4. The fraction of sp³-hybridized carbons (Fsp3) is 0.560. The van der Waals surface area contributed by atoms with Crippen molar-refractivity contribution in [1.82, 2.24) is 0 Å². The van der Waals surface area contributed by atoms with Gasteiger partial charge >= 0.3 is 17.9 Å². The van der Waals surface area contributed by atoms with Crippen molar-refractivity contribution in [3.63, 3.8) is 0 Å². The van der Waals surface area contributed by atoms with Crippen LogP contribution in [-0.4, -0.2) is 37.2 Å². The van der Waals surface area contributed by atoms with Gasteiger partial charge in [-0.3, -0.25) is 14.4 Å². The van der Waals surface area contributed by atoms with E-state index in [1.165, 1.54) is 38.5 Å². The van der Waals surface area contributed by atoms with E-state index in [2.05, 4.69) is 203 Å². The van der Waals surface area contributed by atoms with Crippen LogP contribution in [0.15, 0.2) is 182 Å². The van der Waals surface area contributed by atoms with Crippen LogP contribution < -0.4 is 0 Å². The maximum absolute atomic E-state index is 12.9. The molecule has 0 amide bonds. The van der Waals surface area contributed by atoms with Crippen molar-refractivity contribution in [3.8, 4) is 0 Å². The highest BCUT2D eigenvalue weighted by Crippen LogP contribution is 2.14. The average Bonchev–Trinajstić information content (AvgIpc) is 3.47. The van der Waals surface area contributed by atoms with Crippen molar-refractivity contribution in [2.45, 2.75) is 258 Å². The van der Waals surface area contributed by atoms with Gasteiger partial charge in [0, 0.05) is 19.3 Å². The third kappa shape index (κ3) is 65.2. The molecule has 0 saturated heterocycles. The van der Waals surface area contributed by atoms with Crippen LogP contribution >= 0.6 is 0 Å². The normalized spacial score (nSPS) is 13.4. The smallest absolute Gasteiger partial charge is 0.306 e. The number of hydrogen-bond donors (Lipinski definition) is 0. The van der Waals surface area contributed by atoms with Crippen molar-refractivity contribution in [3.05, 3.63) is 182 Å². The number of allylic oxidation sites excluding steroid dienone is 30. The predicted molar refractivity (Wildman–Crippen MR) is 352 cm³/mol. The molecule has 81 heavy (non-hydrogen) atoms. The quantitative estimate of drug-likeness (QED) is 0.0261. The van der Waals surface area contributed by atoms with Crippen LogP contribution in [0, 0.1) is 0 Å². The standard InChI is InChI=1S/C75H116O6/c1-4-7-10-13-16-19-22-25-28-31-33-34-35-36-37-38-39-40-42-44-47-50-53-56-59-62-65-68-74(77)80-71-72(70-79-73(76)67-64-61-58-55-52-49-46-43-30-27-24-21-18-15-12-9-6-3)81-75(78)69-66-63-60-57-54-51-48-45-41-32-29-26-23-20-17-14-11-8-5-2/h7-12,16-21,25-30,33-34,36-37,39-41,44-45,47,53,56,72H,4-6,13-15,22-24,31-32,35,38,42-43,46,48-52,54-55,57-71H2,1-3H3/b10-7-,11-8-,12-9-,19-16-,20-17-,21-18-,28-25-,29-26-,30-27-,34-33-,37-36-,40-39-,45-41-,47-44-,56-53-. The van der Waals surface area contributed by atoms with Gasteiger partial charge in [-0.15, -0.1) is 0 Å². The molecule has 0 N–H and O–H groups in total. The molecule has 0 aromatic rings. The fourth-order valence-corrected chi connectivity index (χ4v) is 8.17. The summed E-state index contributed by atoms with van der Waals surface area (Å²) < 4.78 is 16.9. The highest BCUT2D eigenvalue weighted by Gasteiger charge is 2.19. The van der Waals surface area contributed by atoms with Crippen molar-refractivity contribution < 1.29 is 28.6 Å². The van der Waals surface area contributed by atoms with E-state index in [9.17, 15) is 14.4 Å². The van der Waals surface area contributed by atoms with Crippen molar-refractivity contribution in [2.75, 3.05) is 13.2 Å². The Balaban J connectivity index is 4.53. The van der Waals surface area contributed by atoms with Crippen molar-refractivity contribution >= 4 is 17.9 Å². The molecule has 0 aromatic carbocycles. The molecule has 0 aromatic heterocycles. The van der Waals surface area contributed by atoms with E-state index in [4.69, 9.17) is 14.2 Å². The summed E-state index contributed by atoms with van der Waals surface area (Å²) >= 11 is 0. The van der Waals surface area contributed by atoms with Gasteiger partial charge in [0.25, 0.3) is 0 Å². The van der Waals surface area contributed by atoms with Gasteiger partial charge in [0.2, 0.25) is 0 Å². The van der Waals surface area contributed by atoms with Gasteiger partial charge in [0.1, 0.15) is 13.2 Å². The summed E-state index contributed by atoms with van der Waals surface area (Å²) in [6.45, 7) is 6.24. The molecule has 0 fully saturated rings. The molecule has 6 nitrogen and oxygen atoms in total. The van der Waals surface area contributed by atoms with Crippen LogP contribution in [0.2, 0.25) is 0 Å². The third-order valence-electron chi connectivity index (χ3n) is 12.9. The lowest BCUT2D eigenvalue weighted by Gasteiger charge is -2.18. The maximum Gasteiger partial charge on any atom is 0.306 e. The Hall–Kier alpha value is -5.49. The average molecular weight is 1110 g/mol. The first-order valence-electron chi connectivity index (χ1n) is 32.3. The van der Waals surface area contributed by atoms with Gasteiger partial charge in [0.15, 0.2) is 6.10 Å². The van der Waals surface area contributed by atoms with Gasteiger partial charge in [0.05, 0.1) is 0 Å². The van der Waals surface area contributed by atoms with Crippen LogP contribution in [-0.2, 0) is 28.6 Å². The molecule has 0 spiro atoms. The minimum atomic E-state index is -0.821. The number of esters is 3. The second-order valence-corrected chi connectivity index (χ2v) is 20.5. The molecule has 0 saturated carbocycles. The van der Waals surface area contributed by atoms with E-state index in [-0.39, 0.29) is 37.5 Å². The van der Waals surface area contributed by atoms with E-state index < -0.39 is 6.10 Å². The van der Waals surface area contributed by atoms with Gasteiger partial charge in [-0.05, 0) is 154 Å². The molecule has 0 radical (unpaired) electrons. The van der Waals surface area contributed by atoms with Gasteiger partial charge in [-0.1, -0.05) is 261 Å². The van der Waals surface area contributed by atoms with Crippen LogP contribution in [0.3, 0.4) is 0 Å². The molecule has 452 valence electrons. The molecule has 0 aliphatic carbocycles. The minimum absolute atomic E-state index is 0.112. The SMILES string of the molecule is CC/C=C\C/C=C\C/C=C\C/C=C\C/C=C\C/C=C\C/C=C\C/C=C\CCCCC(=O)OCC(COC(=O)CCCCCCCCC/C=C\C/C=C\C/C=C\CC)OC(=O)CCCCCCCC/C=C\C/C=C\C/C=C\C/C=C\CC. The van der Waals surface area contributed by atoms with Gasteiger partial charge in [-0.2, -0.15) is 0 Å². The highest BCUT2D eigenvalue weighted by molar-refractivity contribution is 5.71. The molecule has 0 heterocycles. The Morgan fingerprint density at radius 2 is 0.444 bits per heavy atom. The molecule has 1 atom stereocenters. The first kappa shape index (κ1) is 75.5. The number of ether oxygens (including phenoxy) is 3. The number of carbonyl (C=O) groups excluding carboxylic acids is 3. The largest absolute Gasteiger partial charge is 0.462 e. The number of carbonyl (C=O) groups is 3. The molecule has 0 aliphatic rings. The maximum atomic E-state index is 12.9.